The Morgan fingerprint density at radius 1 is 1.04 bits per heavy atom. The molecule has 2 heterocycles. The molecule has 1 aliphatic rings. The topological polar surface area (TPSA) is 46.5 Å². The van der Waals surface area contributed by atoms with Gasteiger partial charge in [0.1, 0.15) is 11.5 Å². The number of nitrogens with zero attached hydrogens (tertiary/aromatic N) is 2. The number of hydrogen-bond acceptors (Lipinski definition) is 2. The Morgan fingerprint density at radius 2 is 1.85 bits per heavy atom. The Kier molecular flexibility index (Phi) is 4.83. The van der Waals surface area contributed by atoms with Crippen molar-refractivity contribution in [2.45, 2.75) is 26.1 Å². The Balaban J connectivity index is 1.37. The third kappa shape index (κ3) is 3.82. The summed E-state index contributed by atoms with van der Waals surface area (Å²) >= 11 is 0. The van der Waals surface area contributed by atoms with E-state index in [1.807, 2.05) is 65.6 Å². The van der Waals surface area contributed by atoms with Crippen LogP contribution in [0.5, 0.6) is 11.5 Å². The number of hydrogen-bond donors (Lipinski definition) is 1. The molecule has 1 aliphatic heterocycles. The predicted octanol–water partition coefficient (Wildman–Crippen LogP) is 4.57. The second-order valence-corrected chi connectivity index (χ2v) is 6.72. The van der Waals surface area contributed by atoms with Crippen molar-refractivity contribution in [3.05, 3.63) is 84.2 Å². The van der Waals surface area contributed by atoms with Gasteiger partial charge in [-0.1, -0.05) is 30.3 Å². The lowest BCUT2D eigenvalue weighted by molar-refractivity contribution is 0.162. The molecular formula is C22H23N3O2. The average Bonchev–Trinajstić information content (AvgIpc) is 3.17. The molecule has 1 N–H and O–H groups in total. The molecule has 3 aromatic rings. The van der Waals surface area contributed by atoms with Gasteiger partial charge in [0.05, 0.1) is 6.04 Å². The number of urea groups is 1. The number of ether oxygens (including phenoxy) is 1. The van der Waals surface area contributed by atoms with E-state index in [1.165, 1.54) is 5.69 Å². The van der Waals surface area contributed by atoms with Crippen molar-refractivity contribution in [3.63, 3.8) is 0 Å². The van der Waals surface area contributed by atoms with Crippen LogP contribution in [0.15, 0.2) is 72.9 Å². The highest BCUT2D eigenvalue weighted by molar-refractivity contribution is 5.74. The van der Waals surface area contributed by atoms with Crippen LogP contribution < -0.4 is 10.1 Å². The summed E-state index contributed by atoms with van der Waals surface area (Å²) in [6.45, 7) is 4.08. The lowest BCUT2D eigenvalue weighted by Gasteiger charge is -2.34. The van der Waals surface area contributed by atoms with Crippen LogP contribution in [-0.2, 0) is 13.1 Å². The molecule has 4 rings (SSSR count). The van der Waals surface area contributed by atoms with E-state index in [9.17, 15) is 4.79 Å². The molecule has 0 fully saturated rings. The minimum absolute atomic E-state index is 0.0377. The highest BCUT2D eigenvalue weighted by atomic mass is 16.5. The molecule has 0 bridgehead atoms. The van der Waals surface area contributed by atoms with Gasteiger partial charge in [-0.25, -0.2) is 4.79 Å². The number of benzene rings is 2. The Labute approximate surface area is 159 Å². The van der Waals surface area contributed by atoms with Gasteiger partial charge in [0.2, 0.25) is 0 Å². The number of fused-ring (bicyclic) bond motifs is 1. The van der Waals surface area contributed by atoms with E-state index in [4.69, 9.17) is 4.74 Å². The van der Waals surface area contributed by atoms with Gasteiger partial charge in [-0.05, 0) is 48.9 Å². The minimum Gasteiger partial charge on any atom is -0.457 e. The zero-order valence-electron chi connectivity index (χ0n) is 15.3. The first kappa shape index (κ1) is 17.2. The molecular weight excluding hydrogens is 338 g/mol. The lowest BCUT2D eigenvalue weighted by Crippen LogP contribution is -2.45. The molecule has 27 heavy (non-hydrogen) atoms. The number of nitrogens with one attached hydrogen (secondary N) is 1. The molecule has 2 amide bonds. The summed E-state index contributed by atoms with van der Waals surface area (Å²) in [5.41, 5.74) is 2.18. The molecule has 1 unspecified atom stereocenters. The summed E-state index contributed by atoms with van der Waals surface area (Å²) in [5, 5.41) is 3.04. The van der Waals surface area contributed by atoms with E-state index in [0.29, 0.717) is 13.1 Å². The monoisotopic (exact) mass is 361 g/mol. The predicted molar refractivity (Wildman–Crippen MR) is 105 cm³/mol. The van der Waals surface area contributed by atoms with E-state index in [-0.39, 0.29) is 12.1 Å². The van der Waals surface area contributed by atoms with E-state index in [1.54, 1.807) is 0 Å². The first-order valence-electron chi connectivity index (χ1n) is 9.22. The van der Waals surface area contributed by atoms with Crippen LogP contribution in [0, 0.1) is 0 Å². The third-order valence-electron chi connectivity index (χ3n) is 4.92. The van der Waals surface area contributed by atoms with Gasteiger partial charge in [-0.15, -0.1) is 0 Å². The summed E-state index contributed by atoms with van der Waals surface area (Å²) in [7, 11) is 0. The number of amides is 2. The maximum absolute atomic E-state index is 12.7. The molecule has 138 valence electrons. The number of para-hydroxylation sites is 1. The molecule has 5 heteroatoms. The number of carbonyl (C=O) groups excluding carboxylic acids is 1. The molecule has 1 aromatic heterocycles. The van der Waals surface area contributed by atoms with Crippen molar-refractivity contribution in [2.75, 3.05) is 6.54 Å². The van der Waals surface area contributed by atoms with Crippen LogP contribution in [0.3, 0.4) is 0 Å². The van der Waals surface area contributed by atoms with Gasteiger partial charge in [0.15, 0.2) is 0 Å². The molecule has 2 aromatic carbocycles. The van der Waals surface area contributed by atoms with Gasteiger partial charge >= 0.3 is 6.03 Å². The fourth-order valence-electron chi connectivity index (χ4n) is 3.48. The van der Waals surface area contributed by atoms with E-state index in [0.717, 1.165) is 23.6 Å². The minimum atomic E-state index is -0.0377. The van der Waals surface area contributed by atoms with E-state index < -0.39 is 0 Å². The van der Waals surface area contributed by atoms with Gasteiger partial charge in [0.25, 0.3) is 0 Å². The first-order chi connectivity index (χ1) is 13.2. The van der Waals surface area contributed by atoms with Crippen molar-refractivity contribution in [1.82, 2.24) is 14.8 Å². The average molecular weight is 361 g/mol. The van der Waals surface area contributed by atoms with Gasteiger partial charge < -0.3 is 19.5 Å². The first-order valence-corrected chi connectivity index (χ1v) is 9.22. The fourth-order valence-corrected chi connectivity index (χ4v) is 3.48. The van der Waals surface area contributed by atoms with Crippen molar-refractivity contribution in [2.24, 2.45) is 0 Å². The maximum Gasteiger partial charge on any atom is 0.318 e. The SMILES string of the molecule is CC1c2cccn2CCN1C(=O)NCc1cccc(Oc2ccccc2)c1. The Bertz CT molecular complexity index is 920. The second-order valence-electron chi connectivity index (χ2n) is 6.72. The standard InChI is InChI=1S/C22H23N3O2/c1-17-21-11-6-12-24(21)13-14-25(17)22(26)23-16-18-7-5-10-20(15-18)27-19-8-3-2-4-9-19/h2-12,15,17H,13-14,16H2,1H3,(H,23,26). The van der Waals surface area contributed by atoms with Gasteiger partial charge in [0, 0.05) is 31.5 Å². The number of aromatic nitrogens is 1. The zero-order valence-corrected chi connectivity index (χ0v) is 15.3. The Morgan fingerprint density at radius 3 is 2.70 bits per heavy atom. The number of rotatable bonds is 4. The normalized spacial score (nSPS) is 15.9. The van der Waals surface area contributed by atoms with Crippen LogP contribution >= 0.6 is 0 Å². The Hall–Kier alpha value is -3.21. The lowest BCUT2D eigenvalue weighted by atomic mass is 10.1. The zero-order chi connectivity index (χ0) is 18.6. The van der Waals surface area contributed by atoms with Crippen LogP contribution in [-0.4, -0.2) is 22.0 Å². The number of carbonyl (C=O) groups is 1. The van der Waals surface area contributed by atoms with Crippen LogP contribution in [0.2, 0.25) is 0 Å². The molecule has 0 radical (unpaired) electrons. The highest BCUT2D eigenvalue weighted by Gasteiger charge is 2.27. The second kappa shape index (κ2) is 7.58. The smallest absolute Gasteiger partial charge is 0.318 e. The summed E-state index contributed by atoms with van der Waals surface area (Å²) in [6.07, 6.45) is 2.07. The van der Waals surface area contributed by atoms with Gasteiger partial charge in [-0.2, -0.15) is 0 Å². The van der Waals surface area contributed by atoms with Gasteiger partial charge in [-0.3, -0.25) is 0 Å². The highest BCUT2D eigenvalue weighted by Crippen LogP contribution is 2.25. The fraction of sp³-hybridized carbons (Fsp3) is 0.227. The largest absolute Gasteiger partial charge is 0.457 e. The van der Waals surface area contributed by atoms with E-state index >= 15 is 0 Å². The van der Waals surface area contributed by atoms with Crippen LogP contribution in [0.25, 0.3) is 0 Å². The third-order valence-corrected chi connectivity index (χ3v) is 4.92. The summed E-state index contributed by atoms with van der Waals surface area (Å²) < 4.78 is 8.07. The van der Waals surface area contributed by atoms with Crippen molar-refractivity contribution >= 4 is 6.03 Å². The molecule has 5 nitrogen and oxygen atoms in total. The quantitative estimate of drug-likeness (QED) is 0.740. The summed E-state index contributed by atoms with van der Waals surface area (Å²) in [6, 6.07) is 21.6. The summed E-state index contributed by atoms with van der Waals surface area (Å²) in [4.78, 5) is 14.6. The molecule has 1 atom stereocenters. The molecule has 0 saturated heterocycles. The van der Waals surface area contributed by atoms with Crippen molar-refractivity contribution in [3.8, 4) is 11.5 Å². The van der Waals surface area contributed by atoms with Crippen molar-refractivity contribution in [1.29, 1.82) is 0 Å². The molecule has 0 saturated carbocycles. The van der Waals surface area contributed by atoms with Crippen LogP contribution in [0.1, 0.15) is 24.2 Å². The molecule has 0 spiro atoms. The van der Waals surface area contributed by atoms with Crippen molar-refractivity contribution < 1.29 is 9.53 Å². The summed E-state index contributed by atoms with van der Waals surface area (Å²) in [5.74, 6) is 1.56. The molecule has 0 aliphatic carbocycles. The maximum atomic E-state index is 12.7. The van der Waals surface area contributed by atoms with Crippen LogP contribution in [0.4, 0.5) is 4.79 Å². The van der Waals surface area contributed by atoms with E-state index in [2.05, 4.69) is 29.1 Å².